The highest BCUT2D eigenvalue weighted by Gasteiger charge is 2.41. The average molecular weight is 295 g/mol. The van der Waals surface area contributed by atoms with Gasteiger partial charge >= 0.3 is 5.97 Å². The Hall–Kier alpha value is -2.11. The van der Waals surface area contributed by atoms with E-state index in [0.717, 1.165) is 31.4 Å². The van der Waals surface area contributed by atoms with Crippen LogP contribution in [0.2, 0.25) is 0 Å². The van der Waals surface area contributed by atoms with Gasteiger partial charge in [-0.2, -0.15) is 0 Å². The number of hydrogen-bond acceptors (Lipinski definition) is 3. The third-order valence-corrected chi connectivity index (χ3v) is 3.99. The average Bonchev–Trinajstić information content (AvgIpc) is 2.43. The predicted molar refractivity (Wildman–Crippen MR) is 74.5 cm³/mol. The number of carboxylic acids is 1. The molecule has 0 unspecified atom stereocenters. The van der Waals surface area contributed by atoms with E-state index in [1.165, 1.54) is 6.07 Å². The van der Waals surface area contributed by atoms with Crippen molar-refractivity contribution in [2.45, 2.75) is 38.5 Å². The second-order valence-electron chi connectivity index (χ2n) is 5.54. The summed E-state index contributed by atoms with van der Waals surface area (Å²) in [5.41, 5.74) is -0.815. The van der Waals surface area contributed by atoms with Gasteiger partial charge in [0.25, 0.3) is 0 Å². The molecule has 0 aromatic heterocycles. The Morgan fingerprint density at radius 2 is 1.90 bits per heavy atom. The number of aliphatic carboxylic acids is 1. The number of amides is 1. The summed E-state index contributed by atoms with van der Waals surface area (Å²) in [6, 6.07) is 3.50. The van der Waals surface area contributed by atoms with Gasteiger partial charge in [-0.25, -0.2) is 4.39 Å². The van der Waals surface area contributed by atoms with Crippen LogP contribution in [-0.2, 0) is 9.59 Å². The molecule has 1 fully saturated rings. The van der Waals surface area contributed by atoms with Crippen LogP contribution in [0.15, 0.2) is 18.2 Å². The fourth-order valence-electron chi connectivity index (χ4n) is 2.79. The molecule has 2 rings (SSSR count). The molecule has 114 valence electrons. The molecular formula is C15H18FNO4. The van der Waals surface area contributed by atoms with Gasteiger partial charge in [0.15, 0.2) is 11.6 Å². The third-order valence-electron chi connectivity index (χ3n) is 3.99. The standard InChI is InChI=1S/C15H18FNO4/c16-11-8-10(4-5-12(11)18)17-13(19)9-15(14(20)21)6-2-1-3-7-15/h4-5,8,18H,1-3,6-7,9H2,(H,17,19)(H,20,21). The molecule has 0 bridgehead atoms. The van der Waals surface area contributed by atoms with Gasteiger partial charge in [0.05, 0.1) is 5.41 Å². The van der Waals surface area contributed by atoms with E-state index in [9.17, 15) is 19.1 Å². The van der Waals surface area contributed by atoms with Crippen molar-refractivity contribution in [3.63, 3.8) is 0 Å². The zero-order valence-corrected chi connectivity index (χ0v) is 11.6. The molecule has 6 heteroatoms. The Labute approximate surface area is 121 Å². The summed E-state index contributed by atoms with van der Waals surface area (Å²) >= 11 is 0. The zero-order valence-electron chi connectivity index (χ0n) is 11.6. The number of carbonyl (C=O) groups excluding carboxylic acids is 1. The number of carbonyl (C=O) groups is 2. The van der Waals surface area contributed by atoms with Crippen LogP contribution in [0, 0.1) is 11.2 Å². The molecule has 0 saturated heterocycles. The number of phenolic OH excluding ortho intramolecular Hbond substituents is 1. The molecule has 0 radical (unpaired) electrons. The van der Waals surface area contributed by atoms with Crippen LogP contribution in [0.25, 0.3) is 0 Å². The van der Waals surface area contributed by atoms with E-state index in [-0.39, 0.29) is 12.1 Å². The van der Waals surface area contributed by atoms with Gasteiger partial charge in [0.2, 0.25) is 5.91 Å². The molecule has 0 aliphatic heterocycles. The Morgan fingerprint density at radius 3 is 2.48 bits per heavy atom. The quantitative estimate of drug-likeness (QED) is 0.745. The zero-order chi connectivity index (χ0) is 15.5. The Balaban J connectivity index is 2.05. The van der Waals surface area contributed by atoms with Crippen LogP contribution in [0.1, 0.15) is 38.5 Å². The molecule has 1 aromatic carbocycles. The van der Waals surface area contributed by atoms with Crippen LogP contribution in [0.5, 0.6) is 5.75 Å². The Kier molecular flexibility index (Phi) is 4.45. The lowest BCUT2D eigenvalue weighted by atomic mass is 9.71. The Morgan fingerprint density at radius 1 is 1.24 bits per heavy atom. The third kappa shape index (κ3) is 3.51. The molecule has 1 aliphatic carbocycles. The predicted octanol–water partition coefficient (Wildman–Crippen LogP) is 2.90. The number of carboxylic acid groups (broad SMARTS) is 1. The number of rotatable bonds is 4. The number of halogens is 1. The maximum absolute atomic E-state index is 13.2. The molecule has 1 aromatic rings. The van der Waals surface area contributed by atoms with Gasteiger partial charge in [0.1, 0.15) is 0 Å². The van der Waals surface area contributed by atoms with Crippen molar-refractivity contribution in [3.05, 3.63) is 24.0 Å². The first-order valence-corrected chi connectivity index (χ1v) is 6.95. The van der Waals surface area contributed by atoms with E-state index in [1.807, 2.05) is 0 Å². The van der Waals surface area contributed by atoms with E-state index >= 15 is 0 Å². The fourth-order valence-corrected chi connectivity index (χ4v) is 2.79. The number of nitrogens with one attached hydrogen (secondary N) is 1. The van der Waals surface area contributed by atoms with Crippen molar-refractivity contribution < 1.29 is 24.2 Å². The van der Waals surface area contributed by atoms with Crippen molar-refractivity contribution in [1.82, 2.24) is 0 Å². The van der Waals surface area contributed by atoms with Crippen molar-refractivity contribution in [2.75, 3.05) is 5.32 Å². The number of phenols is 1. The van der Waals surface area contributed by atoms with Gasteiger partial charge in [-0.3, -0.25) is 9.59 Å². The molecule has 3 N–H and O–H groups in total. The molecule has 0 atom stereocenters. The molecule has 0 heterocycles. The van der Waals surface area contributed by atoms with Crippen LogP contribution >= 0.6 is 0 Å². The number of anilines is 1. The van der Waals surface area contributed by atoms with Crippen molar-refractivity contribution >= 4 is 17.6 Å². The summed E-state index contributed by atoms with van der Waals surface area (Å²) in [6.07, 6.45) is 3.44. The van der Waals surface area contributed by atoms with Gasteiger partial charge in [-0.1, -0.05) is 19.3 Å². The second-order valence-corrected chi connectivity index (χ2v) is 5.54. The largest absolute Gasteiger partial charge is 0.505 e. The van der Waals surface area contributed by atoms with E-state index in [1.54, 1.807) is 0 Å². The van der Waals surface area contributed by atoms with Crippen molar-refractivity contribution in [3.8, 4) is 5.75 Å². The minimum Gasteiger partial charge on any atom is -0.505 e. The molecule has 1 amide bonds. The van der Waals surface area contributed by atoms with Gasteiger partial charge in [-0.05, 0) is 25.0 Å². The lowest BCUT2D eigenvalue weighted by Gasteiger charge is -2.32. The molecule has 5 nitrogen and oxygen atoms in total. The van der Waals surface area contributed by atoms with E-state index < -0.39 is 28.9 Å². The molecule has 1 saturated carbocycles. The molecule has 0 spiro atoms. The molecule has 1 aliphatic rings. The lowest BCUT2D eigenvalue weighted by Crippen LogP contribution is -2.37. The second kappa shape index (κ2) is 6.11. The summed E-state index contributed by atoms with van der Waals surface area (Å²) in [4.78, 5) is 23.5. The summed E-state index contributed by atoms with van der Waals surface area (Å²) in [6.45, 7) is 0. The SMILES string of the molecule is O=C(CC1(C(=O)O)CCCCC1)Nc1ccc(O)c(F)c1. The van der Waals surface area contributed by atoms with Crippen LogP contribution < -0.4 is 5.32 Å². The van der Waals surface area contributed by atoms with Gasteiger partial charge in [0, 0.05) is 18.2 Å². The molecule has 21 heavy (non-hydrogen) atoms. The lowest BCUT2D eigenvalue weighted by molar-refractivity contribution is -0.153. The van der Waals surface area contributed by atoms with Gasteiger partial charge < -0.3 is 15.5 Å². The van der Waals surface area contributed by atoms with Crippen molar-refractivity contribution in [2.24, 2.45) is 5.41 Å². The van der Waals surface area contributed by atoms with Crippen LogP contribution in [-0.4, -0.2) is 22.1 Å². The Bertz CT molecular complexity index is 553. The van der Waals surface area contributed by atoms with E-state index in [0.29, 0.717) is 12.8 Å². The van der Waals surface area contributed by atoms with Crippen molar-refractivity contribution in [1.29, 1.82) is 0 Å². The van der Waals surface area contributed by atoms with Crippen LogP contribution in [0.3, 0.4) is 0 Å². The normalized spacial score (nSPS) is 17.2. The number of hydrogen-bond donors (Lipinski definition) is 3. The first-order valence-electron chi connectivity index (χ1n) is 6.95. The molecular weight excluding hydrogens is 277 g/mol. The highest BCUT2D eigenvalue weighted by Crippen LogP contribution is 2.39. The smallest absolute Gasteiger partial charge is 0.310 e. The monoisotopic (exact) mass is 295 g/mol. The summed E-state index contributed by atoms with van der Waals surface area (Å²) in [7, 11) is 0. The van der Waals surface area contributed by atoms with Gasteiger partial charge in [-0.15, -0.1) is 0 Å². The highest BCUT2D eigenvalue weighted by atomic mass is 19.1. The maximum atomic E-state index is 13.2. The topological polar surface area (TPSA) is 86.6 Å². The first kappa shape index (κ1) is 15.3. The fraction of sp³-hybridized carbons (Fsp3) is 0.467. The highest BCUT2D eigenvalue weighted by molar-refractivity contribution is 5.94. The van der Waals surface area contributed by atoms with E-state index in [4.69, 9.17) is 5.11 Å². The minimum absolute atomic E-state index is 0.120. The number of benzene rings is 1. The maximum Gasteiger partial charge on any atom is 0.310 e. The van der Waals surface area contributed by atoms with E-state index in [2.05, 4.69) is 5.32 Å². The summed E-state index contributed by atoms with van der Waals surface area (Å²) in [5.74, 6) is -2.74. The summed E-state index contributed by atoms with van der Waals surface area (Å²) < 4.78 is 13.2. The minimum atomic E-state index is -1.02. The van der Waals surface area contributed by atoms with Crippen LogP contribution in [0.4, 0.5) is 10.1 Å². The summed E-state index contributed by atoms with van der Waals surface area (Å²) in [5, 5.41) is 21.0. The first-order chi connectivity index (χ1) is 9.93. The number of aromatic hydroxyl groups is 1.